The lowest BCUT2D eigenvalue weighted by Crippen LogP contribution is -2.09. The van der Waals surface area contributed by atoms with Gasteiger partial charge in [-0.05, 0) is 60.7 Å². The Balaban J connectivity index is 0.000000179. The average molecular weight is 811 g/mol. The number of ether oxygens (including phenoxy) is 2. The van der Waals surface area contributed by atoms with Crippen molar-refractivity contribution in [3.63, 3.8) is 0 Å². The van der Waals surface area contributed by atoms with Gasteiger partial charge in [0.25, 0.3) is 0 Å². The zero-order valence-electron chi connectivity index (χ0n) is 31.3. The SMILES string of the molecule is CCc1nc2ccccc2n1-c1nc(N)cc(Nc2ccc(OC(F)F)c(F)c2)n1.CCc1nc2ccccc2n1-c1nc(N)cc(Nc2ccc(OC(F)F)cc2)n1. The summed E-state index contributed by atoms with van der Waals surface area (Å²) in [5.41, 5.74) is 16.2. The largest absolute Gasteiger partial charge is 0.435 e. The van der Waals surface area contributed by atoms with Crippen LogP contribution in [0.15, 0.2) is 103 Å². The van der Waals surface area contributed by atoms with Crippen molar-refractivity contribution in [2.45, 2.75) is 39.9 Å². The quantitative estimate of drug-likeness (QED) is 0.0863. The number of para-hydroxylation sites is 4. The minimum atomic E-state index is -3.11. The van der Waals surface area contributed by atoms with Gasteiger partial charge in [0, 0.05) is 42.4 Å². The number of rotatable bonds is 12. The van der Waals surface area contributed by atoms with E-state index in [2.05, 4.69) is 50.0 Å². The minimum absolute atomic E-state index is 0.0749. The van der Waals surface area contributed by atoms with E-state index >= 15 is 0 Å². The number of fused-ring (bicyclic) bond motifs is 2. The smallest absolute Gasteiger partial charge is 0.387 e. The van der Waals surface area contributed by atoms with Gasteiger partial charge in [0.1, 0.15) is 40.7 Å². The van der Waals surface area contributed by atoms with Crippen molar-refractivity contribution < 1.29 is 31.4 Å². The third kappa shape index (κ3) is 9.19. The summed E-state index contributed by atoms with van der Waals surface area (Å²) in [4.78, 5) is 27.0. The third-order valence-electron chi connectivity index (χ3n) is 8.53. The number of aromatic nitrogens is 8. The van der Waals surface area contributed by atoms with Crippen LogP contribution >= 0.6 is 0 Å². The Morgan fingerprint density at radius 2 is 1.05 bits per heavy atom. The summed E-state index contributed by atoms with van der Waals surface area (Å²) in [7, 11) is 0. The van der Waals surface area contributed by atoms with Gasteiger partial charge in [0.2, 0.25) is 11.9 Å². The molecule has 0 spiro atoms. The molecule has 0 atom stereocenters. The molecule has 6 N–H and O–H groups in total. The maximum Gasteiger partial charge on any atom is 0.387 e. The summed E-state index contributed by atoms with van der Waals surface area (Å²) in [5.74, 6) is 2.13. The molecular weight excluding hydrogens is 776 g/mol. The summed E-state index contributed by atoms with van der Waals surface area (Å²) in [6.45, 7) is -2.00. The fourth-order valence-corrected chi connectivity index (χ4v) is 6.09. The van der Waals surface area contributed by atoms with E-state index in [1.807, 2.05) is 66.9 Å². The monoisotopic (exact) mass is 810 g/mol. The van der Waals surface area contributed by atoms with Gasteiger partial charge in [0.15, 0.2) is 11.6 Å². The highest BCUT2D eigenvalue weighted by molar-refractivity contribution is 5.79. The van der Waals surface area contributed by atoms with Crippen molar-refractivity contribution in [2.75, 3.05) is 22.1 Å². The van der Waals surface area contributed by atoms with Crippen LogP contribution in [0.4, 0.5) is 56.6 Å². The van der Waals surface area contributed by atoms with Crippen LogP contribution in [0.1, 0.15) is 25.5 Å². The van der Waals surface area contributed by atoms with Crippen LogP contribution in [0, 0.1) is 5.82 Å². The molecule has 4 heterocycles. The van der Waals surface area contributed by atoms with Crippen LogP contribution in [0.5, 0.6) is 11.5 Å². The van der Waals surface area contributed by atoms with Crippen LogP contribution < -0.4 is 31.6 Å². The molecule has 14 nitrogen and oxygen atoms in total. The molecule has 0 radical (unpaired) electrons. The fourth-order valence-electron chi connectivity index (χ4n) is 6.09. The predicted molar refractivity (Wildman–Crippen MR) is 214 cm³/mol. The molecule has 59 heavy (non-hydrogen) atoms. The molecule has 0 aliphatic heterocycles. The molecule has 302 valence electrons. The molecule has 0 unspecified atom stereocenters. The second-order valence-electron chi connectivity index (χ2n) is 12.5. The molecule has 8 aromatic rings. The molecular formula is C40H35F5N12O2. The van der Waals surface area contributed by atoms with E-state index < -0.39 is 24.8 Å². The lowest BCUT2D eigenvalue weighted by molar-refractivity contribution is -0.0523. The number of aryl methyl sites for hydroxylation is 2. The van der Waals surface area contributed by atoms with E-state index in [-0.39, 0.29) is 23.1 Å². The second kappa shape index (κ2) is 17.3. The Labute approximate surface area is 332 Å². The van der Waals surface area contributed by atoms with Crippen LogP contribution in [0.2, 0.25) is 0 Å². The van der Waals surface area contributed by atoms with Crippen molar-refractivity contribution in [3.8, 4) is 23.4 Å². The van der Waals surface area contributed by atoms with Crippen LogP contribution in [0.25, 0.3) is 34.0 Å². The van der Waals surface area contributed by atoms with E-state index in [0.29, 0.717) is 42.1 Å². The zero-order chi connectivity index (χ0) is 41.6. The topological polar surface area (TPSA) is 182 Å². The molecule has 0 bridgehead atoms. The molecule has 0 saturated heterocycles. The normalized spacial score (nSPS) is 11.2. The number of nitrogen functional groups attached to an aromatic ring is 2. The highest BCUT2D eigenvalue weighted by atomic mass is 19.3. The number of imidazole rings is 2. The number of alkyl halides is 4. The van der Waals surface area contributed by atoms with Crippen molar-refractivity contribution in [2.24, 2.45) is 0 Å². The fraction of sp³-hybridized carbons (Fsp3) is 0.150. The van der Waals surface area contributed by atoms with Gasteiger partial charge in [-0.25, -0.2) is 14.4 Å². The average Bonchev–Trinajstić information content (AvgIpc) is 3.78. The van der Waals surface area contributed by atoms with Gasteiger partial charge in [0.05, 0.1) is 22.1 Å². The first-order valence-corrected chi connectivity index (χ1v) is 18.0. The molecule has 0 aliphatic rings. The van der Waals surface area contributed by atoms with Crippen molar-refractivity contribution in [1.29, 1.82) is 0 Å². The number of anilines is 6. The molecule has 4 aromatic carbocycles. The van der Waals surface area contributed by atoms with Gasteiger partial charge in [-0.2, -0.15) is 37.5 Å². The Morgan fingerprint density at radius 3 is 1.53 bits per heavy atom. The number of hydrogen-bond donors (Lipinski definition) is 4. The first kappa shape index (κ1) is 39.7. The zero-order valence-corrected chi connectivity index (χ0v) is 31.3. The molecule has 19 heteroatoms. The Bertz CT molecular complexity index is 2730. The van der Waals surface area contributed by atoms with Gasteiger partial charge >= 0.3 is 13.2 Å². The highest BCUT2D eigenvalue weighted by Gasteiger charge is 2.17. The first-order valence-electron chi connectivity index (χ1n) is 18.0. The predicted octanol–water partition coefficient (Wildman–Crippen LogP) is 8.75. The molecule has 4 aromatic heterocycles. The van der Waals surface area contributed by atoms with Gasteiger partial charge < -0.3 is 31.6 Å². The molecule has 0 amide bonds. The summed E-state index contributed by atoms with van der Waals surface area (Å²) < 4.78 is 75.3. The van der Waals surface area contributed by atoms with E-state index in [0.717, 1.165) is 45.8 Å². The number of benzene rings is 4. The molecule has 8 rings (SSSR count). The molecule has 0 fully saturated rings. The lowest BCUT2D eigenvalue weighted by Gasteiger charge is -2.12. The summed E-state index contributed by atoms with van der Waals surface area (Å²) >= 11 is 0. The Kier molecular flexibility index (Phi) is 11.6. The molecule has 0 saturated carbocycles. The maximum atomic E-state index is 14.0. The molecule has 0 aliphatic carbocycles. The maximum absolute atomic E-state index is 14.0. The van der Waals surface area contributed by atoms with Crippen LogP contribution in [-0.2, 0) is 12.8 Å². The van der Waals surface area contributed by atoms with Crippen LogP contribution in [-0.4, -0.2) is 52.3 Å². The number of nitrogens with zero attached hydrogens (tertiary/aromatic N) is 8. The first-order chi connectivity index (χ1) is 28.5. The summed E-state index contributed by atoms with van der Waals surface area (Å²) in [6, 6.07) is 28.0. The van der Waals surface area contributed by atoms with Crippen molar-refractivity contribution in [1.82, 2.24) is 39.0 Å². The van der Waals surface area contributed by atoms with Crippen molar-refractivity contribution >= 4 is 56.7 Å². The Morgan fingerprint density at radius 1 is 0.576 bits per heavy atom. The van der Waals surface area contributed by atoms with E-state index in [4.69, 9.17) is 11.5 Å². The number of hydrogen-bond acceptors (Lipinski definition) is 12. The van der Waals surface area contributed by atoms with Gasteiger partial charge in [-0.15, -0.1) is 0 Å². The summed E-state index contributed by atoms with van der Waals surface area (Å²) in [5, 5.41) is 6.01. The van der Waals surface area contributed by atoms with E-state index in [9.17, 15) is 22.0 Å². The Hall–Kier alpha value is -7.57. The minimum Gasteiger partial charge on any atom is -0.435 e. The van der Waals surface area contributed by atoms with E-state index in [1.165, 1.54) is 24.3 Å². The van der Waals surface area contributed by atoms with Crippen molar-refractivity contribution in [3.05, 3.63) is 121 Å². The number of nitrogens with one attached hydrogen (secondary N) is 2. The standard InChI is InChI=1S/C20H17F3N6O.C20H18F2N6O/c1-2-18-26-13-5-3-4-6-14(13)29(18)20-27-16(24)10-17(28-20)25-11-7-8-15(12(21)9-11)30-19(22)23;1-2-18-25-14-5-3-4-6-15(14)28(18)20-26-16(23)11-17(27-20)24-12-7-9-13(10-8-12)29-19(21)22/h3-10,19H,2H2,1H3,(H3,24,25,27,28);3-11,19H,2H2,1H3,(H3,23,24,26,27). The second-order valence-corrected chi connectivity index (χ2v) is 12.5. The van der Waals surface area contributed by atoms with E-state index in [1.54, 1.807) is 22.8 Å². The lowest BCUT2D eigenvalue weighted by atomic mass is 10.3. The van der Waals surface area contributed by atoms with Gasteiger partial charge in [-0.3, -0.25) is 9.13 Å². The highest BCUT2D eigenvalue weighted by Crippen LogP contribution is 2.28. The van der Waals surface area contributed by atoms with Crippen LogP contribution in [0.3, 0.4) is 0 Å². The number of nitrogens with two attached hydrogens (primary N) is 2. The number of halogens is 5. The van der Waals surface area contributed by atoms with Gasteiger partial charge in [-0.1, -0.05) is 38.1 Å². The third-order valence-corrected chi connectivity index (χ3v) is 8.53. The summed E-state index contributed by atoms with van der Waals surface area (Å²) in [6.07, 6.45) is 1.34.